The van der Waals surface area contributed by atoms with Crippen LogP contribution in [0.4, 0.5) is 10.2 Å². The lowest BCUT2D eigenvalue weighted by atomic mass is 9.95. The minimum Gasteiger partial charge on any atom is -0.480 e. The van der Waals surface area contributed by atoms with Crippen LogP contribution in [0, 0.1) is 5.82 Å². The van der Waals surface area contributed by atoms with Gasteiger partial charge in [0.05, 0.1) is 13.0 Å². The van der Waals surface area contributed by atoms with Crippen molar-refractivity contribution in [3.63, 3.8) is 0 Å². The number of anilines is 1. The van der Waals surface area contributed by atoms with Crippen LogP contribution in [0.25, 0.3) is 0 Å². The van der Waals surface area contributed by atoms with Crippen LogP contribution in [0.5, 0.6) is 5.88 Å². The molecule has 1 N–H and O–H groups in total. The molecular weight excluding hydrogens is 477 g/mol. The summed E-state index contributed by atoms with van der Waals surface area (Å²) in [5, 5.41) is 3.07. The summed E-state index contributed by atoms with van der Waals surface area (Å²) < 4.78 is 18.7. The molecule has 1 saturated heterocycles. The van der Waals surface area contributed by atoms with Crippen molar-refractivity contribution in [1.29, 1.82) is 0 Å². The van der Waals surface area contributed by atoms with E-state index in [1.165, 1.54) is 24.1 Å². The molecule has 0 radical (unpaired) electrons. The van der Waals surface area contributed by atoms with Crippen molar-refractivity contribution < 1.29 is 23.5 Å². The molecule has 2 aliphatic rings. The van der Waals surface area contributed by atoms with E-state index in [2.05, 4.69) is 22.1 Å². The van der Waals surface area contributed by atoms with Crippen LogP contribution in [-0.2, 0) is 16.1 Å². The van der Waals surface area contributed by atoms with Crippen LogP contribution in [0.15, 0.2) is 30.3 Å². The second-order valence-electron chi connectivity index (χ2n) is 9.81. The van der Waals surface area contributed by atoms with E-state index in [0.29, 0.717) is 37.6 Å². The zero-order valence-corrected chi connectivity index (χ0v) is 22.0. The van der Waals surface area contributed by atoms with Gasteiger partial charge in [-0.15, -0.1) is 0 Å². The topological polar surface area (TPSA) is 95.1 Å². The number of pyridine rings is 1. The van der Waals surface area contributed by atoms with Crippen LogP contribution >= 0.6 is 0 Å². The Labute approximate surface area is 216 Å². The fraction of sp³-hybridized carbons (Fsp3) is 0.481. The number of benzene rings is 1. The second-order valence-corrected chi connectivity index (χ2v) is 9.81. The summed E-state index contributed by atoms with van der Waals surface area (Å²) in [5.41, 5.74) is 1.81. The average Bonchev–Trinajstić information content (AvgIpc) is 3.32. The third-order valence-electron chi connectivity index (χ3n) is 7.31. The van der Waals surface area contributed by atoms with E-state index in [0.717, 1.165) is 5.56 Å². The summed E-state index contributed by atoms with van der Waals surface area (Å²) in [6.07, 6.45) is 0. The Morgan fingerprint density at radius 3 is 2.51 bits per heavy atom. The summed E-state index contributed by atoms with van der Waals surface area (Å²) >= 11 is 0. The molecule has 0 saturated carbocycles. The van der Waals surface area contributed by atoms with Gasteiger partial charge in [0.25, 0.3) is 11.8 Å². The molecule has 0 aliphatic carbocycles. The monoisotopic (exact) mass is 511 g/mol. The molecule has 9 nitrogen and oxygen atoms in total. The van der Waals surface area contributed by atoms with Crippen molar-refractivity contribution in [2.75, 3.05) is 45.7 Å². The molecule has 10 heteroatoms. The zero-order valence-electron chi connectivity index (χ0n) is 22.0. The molecular formula is C27H34FN5O4. The number of halogens is 1. The van der Waals surface area contributed by atoms with E-state index < -0.39 is 17.6 Å². The number of nitrogens with one attached hydrogen (secondary N) is 1. The van der Waals surface area contributed by atoms with Crippen LogP contribution < -0.4 is 10.1 Å². The highest BCUT2D eigenvalue weighted by Crippen LogP contribution is 2.36. The molecule has 1 fully saturated rings. The lowest BCUT2D eigenvalue weighted by Crippen LogP contribution is -2.57. The second kappa shape index (κ2) is 10.8. The molecule has 0 spiro atoms. The fourth-order valence-corrected chi connectivity index (χ4v) is 4.93. The number of amides is 2. The Kier molecular flexibility index (Phi) is 7.77. The van der Waals surface area contributed by atoms with Gasteiger partial charge >= 0.3 is 0 Å². The number of carbonyl (C=O) groups is 3. The first-order valence-corrected chi connectivity index (χ1v) is 12.6. The van der Waals surface area contributed by atoms with Gasteiger partial charge in [-0.25, -0.2) is 4.39 Å². The summed E-state index contributed by atoms with van der Waals surface area (Å²) in [6, 6.07) is 8.08. The van der Waals surface area contributed by atoms with Crippen molar-refractivity contribution in [3.8, 4) is 5.88 Å². The molecule has 2 amide bonds. The number of rotatable bonds is 7. The van der Waals surface area contributed by atoms with Gasteiger partial charge < -0.3 is 19.9 Å². The zero-order chi connectivity index (χ0) is 26.9. The number of fused-ring (bicyclic) bond motifs is 1. The normalized spacial score (nSPS) is 21.2. The quantitative estimate of drug-likeness (QED) is 0.571. The van der Waals surface area contributed by atoms with Gasteiger partial charge in [0.2, 0.25) is 11.7 Å². The average molecular weight is 512 g/mol. The standard InChI is InChI=1S/C27H34FN5O4/c1-6-31(4)27(36)23(34)22-12-29-24-20(22)11-21(25(30-24)37-5)26(35)33-14-16(2)32(13-17(33)3)15-18-7-9-19(28)10-8-18/h7-11,16-17,22H,6,12-15H2,1-5H3,(H,29,30)/t16-,17+,22?/m0/s1. The van der Waals surface area contributed by atoms with Crippen LogP contribution in [0.2, 0.25) is 0 Å². The SMILES string of the molecule is CCN(C)C(=O)C(=O)C1CNc2nc(OC)c(C(=O)N3C[C@H](C)N(Cc4ccc(F)cc4)C[C@H]3C)cc21. The maximum atomic E-state index is 13.8. The maximum absolute atomic E-state index is 13.8. The summed E-state index contributed by atoms with van der Waals surface area (Å²) in [4.78, 5) is 49.1. The number of likely N-dealkylation sites (N-methyl/N-ethyl adjacent to an activating group) is 1. The molecule has 198 valence electrons. The minimum absolute atomic E-state index is 0.0665. The van der Waals surface area contributed by atoms with Gasteiger partial charge in [0.15, 0.2) is 0 Å². The predicted octanol–water partition coefficient (Wildman–Crippen LogP) is 2.52. The summed E-state index contributed by atoms with van der Waals surface area (Å²) in [7, 11) is 3.04. The predicted molar refractivity (Wildman–Crippen MR) is 137 cm³/mol. The maximum Gasteiger partial charge on any atom is 0.290 e. The Morgan fingerprint density at radius 1 is 1.16 bits per heavy atom. The van der Waals surface area contributed by atoms with Gasteiger partial charge in [-0.1, -0.05) is 12.1 Å². The fourth-order valence-electron chi connectivity index (χ4n) is 4.93. The molecule has 1 aromatic heterocycles. The van der Waals surface area contributed by atoms with E-state index in [-0.39, 0.29) is 41.8 Å². The van der Waals surface area contributed by atoms with E-state index in [4.69, 9.17) is 4.74 Å². The Morgan fingerprint density at radius 2 is 1.86 bits per heavy atom. The highest BCUT2D eigenvalue weighted by Gasteiger charge is 2.38. The van der Waals surface area contributed by atoms with Gasteiger partial charge in [-0.05, 0) is 44.5 Å². The first kappa shape index (κ1) is 26.5. The number of hydrogen-bond acceptors (Lipinski definition) is 7. The lowest BCUT2D eigenvalue weighted by Gasteiger charge is -2.44. The van der Waals surface area contributed by atoms with Crippen LogP contribution in [0.1, 0.15) is 48.2 Å². The molecule has 3 atom stereocenters. The van der Waals surface area contributed by atoms with Gasteiger partial charge in [-0.3, -0.25) is 19.3 Å². The summed E-state index contributed by atoms with van der Waals surface area (Å²) in [5.74, 6) is -1.69. The van der Waals surface area contributed by atoms with E-state index in [9.17, 15) is 18.8 Å². The molecule has 2 aliphatic heterocycles. The number of nitrogens with zero attached hydrogens (tertiary/aromatic N) is 4. The third-order valence-corrected chi connectivity index (χ3v) is 7.31. The van der Waals surface area contributed by atoms with Gasteiger partial charge in [-0.2, -0.15) is 4.98 Å². The smallest absolute Gasteiger partial charge is 0.290 e. The van der Waals surface area contributed by atoms with Crippen molar-refractivity contribution in [3.05, 3.63) is 52.8 Å². The number of ketones is 1. The van der Waals surface area contributed by atoms with Crippen molar-refractivity contribution in [2.45, 2.75) is 45.3 Å². The largest absolute Gasteiger partial charge is 0.480 e. The lowest BCUT2D eigenvalue weighted by molar-refractivity contribution is -0.144. The van der Waals surface area contributed by atoms with Crippen molar-refractivity contribution >= 4 is 23.4 Å². The van der Waals surface area contributed by atoms with Gasteiger partial charge in [0.1, 0.15) is 17.2 Å². The summed E-state index contributed by atoms with van der Waals surface area (Å²) in [6.45, 7) is 8.30. The van der Waals surface area contributed by atoms with E-state index in [1.54, 1.807) is 37.1 Å². The molecule has 1 aromatic carbocycles. The van der Waals surface area contributed by atoms with Crippen LogP contribution in [0.3, 0.4) is 0 Å². The van der Waals surface area contributed by atoms with Crippen molar-refractivity contribution in [1.82, 2.24) is 19.7 Å². The number of Topliss-reactive ketones (excluding diaryl/α,β-unsaturated/α-hetero) is 1. The number of ether oxygens (including phenoxy) is 1. The van der Waals surface area contributed by atoms with Crippen LogP contribution in [-0.4, -0.2) is 89.7 Å². The molecule has 4 rings (SSSR count). The Bertz CT molecular complexity index is 1190. The number of hydrogen-bond donors (Lipinski definition) is 1. The molecule has 1 unspecified atom stereocenters. The molecule has 37 heavy (non-hydrogen) atoms. The number of aromatic nitrogens is 1. The molecule has 3 heterocycles. The highest BCUT2D eigenvalue weighted by molar-refractivity contribution is 6.38. The van der Waals surface area contributed by atoms with E-state index in [1.807, 2.05) is 6.92 Å². The van der Waals surface area contributed by atoms with E-state index >= 15 is 0 Å². The third kappa shape index (κ3) is 5.29. The molecule has 0 bridgehead atoms. The number of carbonyl (C=O) groups excluding carboxylic acids is 3. The number of methoxy groups -OCH3 is 1. The highest BCUT2D eigenvalue weighted by atomic mass is 19.1. The number of piperazine rings is 1. The Balaban J connectivity index is 1.55. The molecule has 2 aromatic rings. The first-order valence-electron chi connectivity index (χ1n) is 12.6. The Hall–Kier alpha value is -3.53. The first-order chi connectivity index (χ1) is 17.6. The van der Waals surface area contributed by atoms with Crippen molar-refractivity contribution in [2.24, 2.45) is 0 Å². The minimum atomic E-state index is -0.717. The van der Waals surface area contributed by atoms with Gasteiger partial charge in [0, 0.05) is 57.4 Å².